The molecule has 1 amide bonds. The first-order valence-electron chi connectivity index (χ1n) is 9.51. The van der Waals surface area contributed by atoms with Crippen LogP contribution in [-0.2, 0) is 11.2 Å². The third-order valence-corrected chi connectivity index (χ3v) is 4.64. The van der Waals surface area contributed by atoms with Gasteiger partial charge < -0.3 is 5.32 Å². The Morgan fingerprint density at radius 2 is 1.62 bits per heavy atom. The highest BCUT2D eigenvalue weighted by molar-refractivity contribution is 5.92. The van der Waals surface area contributed by atoms with Crippen LogP contribution in [0.25, 0.3) is 22.4 Å². The fraction of sp³-hybridized carbons (Fsp3) is 0.0800. The fourth-order valence-electron chi connectivity index (χ4n) is 3.22. The van der Waals surface area contributed by atoms with Gasteiger partial charge in [-0.2, -0.15) is 0 Å². The molecule has 4 heteroatoms. The van der Waals surface area contributed by atoms with Crippen molar-refractivity contribution in [3.63, 3.8) is 0 Å². The van der Waals surface area contributed by atoms with E-state index in [-0.39, 0.29) is 5.91 Å². The van der Waals surface area contributed by atoms with E-state index in [9.17, 15) is 4.79 Å². The molecule has 0 bridgehead atoms. The number of aromatic nitrogens is 2. The number of carbonyl (C=O) groups excluding carboxylic acids is 1. The molecule has 0 spiro atoms. The molecule has 0 atom stereocenters. The Kier molecular flexibility index (Phi) is 5.43. The molecule has 0 aliphatic carbocycles. The van der Waals surface area contributed by atoms with Crippen molar-refractivity contribution in [2.45, 2.75) is 13.3 Å². The van der Waals surface area contributed by atoms with E-state index >= 15 is 0 Å². The zero-order valence-electron chi connectivity index (χ0n) is 16.2. The van der Waals surface area contributed by atoms with Crippen molar-refractivity contribution in [1.29, 1.82) is 0 Å². The average molecular weight is 379 g/mol. The quantitative estimate of drug-likeness (QED) is 0.512. The predicted octanol–water partition coefficient (Wildman–Crippen LogP) is 5.30. The van der Waals surface area contributed by atoms with E-state index in [1.165, 1.54) is 0 Å². The molecule has 1 N–H and O–H groups in total. The topological polar surface area (TPSA) is 54.9 Å². The van der Waals surface area contributed by atoms with Gasteiger partial charge in [0.1, 0.15) is 0 Å². The lowest BCUT2D eigenvalue weighted by atomic mass is 10.0. The standard InChI is InChI=1S/C25H21N3O/c1-18-14-22(12-13-26-18)21-9-5-6-19(15-21)16-25(29)28-23-10-11-24(27-17-23)20-7-3-2-4-8-20/h2-15,17H,16H2,1H3,(H,28,29). The summed E-state index contributed by atoms with van der Waals surface area (Å²) in [5.74, 6) is -0.0673. The van der Waals surface area contributed by atoms with Crippen molar-refractivity contribution in [2.75, 3.05) is 5.32 Å². The second-order valence-corrected chi connectivity index (χ2v) is 6.91. The maximum Gasteiger partial charge on any atom is 0.228 e. The van der Waals surface area contributed by atoms with Gasteiger partial charge in [-0.15, -0.1) is 0 Å². The van der Waals surface area contributed by atoms with E-state index in [4.69, 9.17) is 0 Å². The zero-order valence-corrected chi connectivity index (χ0v) is 16.2. The second kappa shape index (κ2) is 8.48. The lowest BCUT2D eigenvalue weighted by Gasteiger charge is -2.08. The van der Waals surface area contributed by atoms with Crippen molar-refractivity contribution in [2.24, 2.45) is 0 Å². The van der Waals surface area contributed by atoms with Crippen LogP contribution in [0, 0.1) is 6.92 Å². The summed E-state index contributed by atoms with van der Waals surface area (Å²) in [4.78, 5) is 21.2. The molecule has 0 aliphatic heterocycles. The van der Waals surface area contributed by atoms with Crippen molar-refractivity contribution in [1.82, 2.24) is 9.97 Å². The zero-order chi connectivity index (χ0) is 20.1. The molecular formula is C25H21N3O. The summed E-state index contributed by atoms with van der Waals surface area (Å²) in [5, 5.41) is 2.93. The Labute approximate surface area is 170 Å². The number of anilines is 1. The van der Waals surface area contributed by atoms with E-state index in [2.05, 4.69) is 15.3 Å². The largest absolute Gasteiger partial charge is 0.324 e. The van der Waals surface area contributed by atoms with Gasteiger partial charge >= 0.3 is 0 Å². The Hall–Kier alpha value is -3.79. The van der Waals surface area contributed by atoms with Gasteiger partial charge in [-0.1, -0.05) is 54.6 Å². The van der Waals surface area contributed by atoms with Crippen molar-refractivity contribution >= 4 is 11.6 Å². The number of amides is 1. The third kappa shape index (κ3) is 4.74. The summed E-state index contributed by atoms with van der Waals surface area (Å²) >= 11 is 0. The Morgan fingerprint density at radius 1 is 0.828 bits per heavy atom. The van der Waals surface area contributed by atoms with Crippen LogP contribution < -0.4 is 5.32 Å². The Morgan fingerprint density at radius 3 is 2.38 bits per heavy atom. The summed E-state index contributed by atoms with van der Waals surface area (Å²) in [6.45, 7) is 1.97. The Balaban J connectivity index is 1.43. The maximum atomic E-state index is 12.5. The summed E-state index contributed by atoms with van der Waals surface area (Å²) in [5.41, 5.74) is 6.73. The molecule has 0 unspecified atom stereocenters. The molecule has 4 rings (SSSR count). The number of nitrogens with one attached hydrogen (secondary N) is 1. The van der Waals surface area contributed by atoms with Gasteiger partial charge in [-0.3, -0.25) is 14.8 Å². The van der Waals surface area contributed by atoms with Crippen molar-refractivity contribution < 1.29 is 4.79 Å². The van der Waals surface area contributed by atoms with E-state index < -0.39 is 0 Å². The van der Waals surface area contributed by atoms with Crippen LogP contribution in [0.2, 0.25) is 0 Å². The maximum absolute atomic E-state index is 12.5. The third-order valence-electron chi connectivity index (χ3n) is 4.64. The number of hydrogen-bond acceptors (Lipinski definition) is 3. The van der Waals surface area contributed by atoms with E-state index in [0.29, 0.717) is 12.1 Å². The van der Waals surface area contributed by atoms with Crippen LogP contribution in [0.5, 0.6) is 0 Å². The molecule has 0 radical (unpaired) electrons. The SMILES string of the molecule is Cc1cc(-c2cccc(CC(=O)Nc3ccc(-c4ccccc4)nc3)c2)ccn1. The minimum Gasteiger partial charge on any atom is -0.324 e. The van der Waals surface area contributed by atoms with Gasteiger partial charge in [0, 0.05) is 17.5 Å². The van der Waals surface area contributed by atoms with Crippen LogP contribution in [0.4, 0.5) is 5.69 Å². The molecule has 142 valence electrons. The fourth-order valence-corrected chi connectivity index (χ4v) is 3.22. The lowest BCUT2D eigenvalue weighted by Crippen LogP contribution is -2.14. The number of pyridine rings is 2. The van der Waals surface area contributed by atoms with Crippen LogP contribution in [0.15, 0.2) is 91.3 Å². The smallest absolute Gasteiger partial charge is 0.228 e. The van der Waals surface area contributed by atoms with Crippen LogP contribution in [-0.4, -0.2) is 15.9 Å². The highest BCUT2D eigenvalue weighted by Gasteiger charge is 2.07. The van der Waals surface area contributed by atoms with Crippen LogP contribution in [0.3, 0.4) is 0 Å². The molecule has 2 aromatic carbocycles. The first-order chi connectivity index (χ1) is 14.2. The minimum absolute atomic E-state index is 0.0673. The summed E-state index contributed by atoms with van der Waals surface area (Å²) in [6, 6.07) is 25.8. The number of hydrogen-bond donors (Lipinski definition) is 1. The second-order valence-electron chi connectivity index (χ2n) is 6.91. The van der Waals surface area contributed by atoms with Crippen molar-refractivity contribution in [3.05, 3.63) is 103 Å². The van der Waals surface area contributed by atoms with Gasteiger partial charge in [0.05, 0.1) is 24.0 Å². The number of rotatable bonds is 5. The van der Waals surface area contributed by atoms with Gasteiger partial charge in [-0.25, -0.2) is 0 Å². The number of aryl methyl sites for hydroxylation is 1. The van der Waals surface area contributed by atoms with Crippen LogP contribution >= 0.6 is 0 Å². The Bertz CT molecular complexity index is 1120. The number of nitrogens with zero attached hydrogens (tertiary/aromatic N) is 2. The molecule has 2 heterocycles. The van der Waals surface area contributed by atoms with Gasteiger partial charge in [0.2, 0.25) is 5.91 Å². The molecule has 4 aromatic rings. The number of carbonyl (C=O) groups is 1. The van der Waals surface area contributed by atoms with E-state index in [0.717, 1.165) is 33.6 Å². The molecule has 29 heavy (non-hydrogen) atoms. The highest BCUT2D eigenvalue weighted by atomic mass is 16.1. The number of benzene rings is 2. The monoisotopic (exact) mass is 379 g/mol. The summed E-state index contributed by atoms with van der Waals surface area (Å²) in [6.07, 6.45) is 3.80. The van der Waals surface area contributed by atoms with Gasteiger partial charge in [-0.05, 0) is 47.9 Å². The highest BCUT2D eigenvalue weighted by Crippen LogP contribution is 2.21. The lowest BCUT2D eigenvalue weighted by molar-refractivity contribution is -0.115. The van der Waals surface area contributed by atoms with Gasteiger partial charge in [0.15, 0.2) is 0 Å². The molecule has 0 fully saturated rings. The molecule has 4 nitrogen and oxygen atoms in total. The first kappa shape index (κ1) is 18.6. The predicted molar refractivity (Wildman–Crippen MR) is 116 cm³/mol. The molecule has 2 aromatic heterocycles. The van der Waals surface area contributed by atoms with Crippen molar-refractivity contribution in [3.8, 4) is 22.4 Å². The minimum atomic E-state index is -0.0673. The molecular weight excluding hydrogens is 358 g/mol. The normalized spacial score (nSPS) is 10.5. The van der Waals surface area contributed by atoms with E-state index in [1.807, 2.05) is 85.8 Å². The average Bonchev–Trinajstić information content (AvgIpc) is 2.75. The summed E-state index contributed by atoms with van der Waals surface area (Å²) in [7, 11) is 0. The summed E-state index contributed by atoms with van der Waals surface area (Å²) < 4.78 is 0. The first-order valence-corrected chi connectivity index (χ1v) is 9.51. The molecule has 0 saturated heterocycles. The van der Waals surface area contributed by atoms with Crippen LogP contribution in [0.1, 0.15) is 11.3 Å². The molecule has 0 aliphatic rings. The van der Waals surface area contributed by atoms with E-state index in [1.54, 1.807) is 12.4 Å². The molecule has 0 saturated carbocycles. The van der Waals surface area contributed by atoms with Gasteiger partial charge in [0.25, 0.3) is 0 Å².